The molecule has 0 amide bonds. The first kappa shape index (κ1) is 23.2. The summed E-state index contributed by atoms with van der Waals surface area (Å²) in [6.07, 6.45) is -8.71. The largest absolute Gasteiger partial charge is 0.388 e. The number of ether oxygens (including phenoxy) is 4. The highest BCUT2D eigenvalue weighted by molar-refractivity contribution is 5.48. The van der Waals surface area contributed by atoms with Gasteiger partial charge in [0.2, 0.25) is 0 Å². The number of hydrogen-bond acceptors (Lipinski definition) is 10. The highest BCUT2D eigenvalue weighted by Crippen LogP contribution is 2.24. The van der Waals surface area contributed by atoms with Crippen LogP contribution in [-0.2, 0) is 18.9 Å². The van der Waals surface area contributed by atoms with E-state index in [0.29, 0.717) is 0 Å². The summed E-state index contributed by atoms with van der Waals surface area (Å²) < 4.78 is 21.5. The Balaban J connectivity index is 1.52. The Kier molecular flexibility index (Phi) is 8.31. The van der Waals surface area contributed by atoms with Gasteiger partial charge in [-0.05, 0) is 5.56 Å². The zero-order chi connectivity index (χ0) is 21.7. The molecule has 6 N–H and O–H groups in total. The first-order valence-electron chi connectivity index (χ1n) is 9.68. The van der Waals surface area contributed by atoms with E-state index in [1.54, 1.807) is 6.08 Å². The van der Waals surface area contributed by atoms with Crippen LogP contribution in [0.5, 0.6) is 0 Å². The van der Waals surface area contributed by atoms with Gasteiger partial charge in [0.05, 0.1) is 19.8 Å². The van der Waals surface area contributed by atoms with Crippen LogP contribution in [-0.4, -0.2) is 106 Å². The van der Waals surface area contributed by atoms with Gasteiger partial charge >= 0.3 is 0 Å². The van der Waals surface area contributed by atoms with Crippen molar-refractivity contribution in [1.82, 2.24) is 0 Å². The molecule has 2 saturated heterocycles. The van der Waals surface area contributed by atoms with Gasteiger partial charge in [0.1, 0.15) is 42.7 Å². The summed E-state index contributed by atoms with van der Waals surface area (Å²) in [6, 6.07) is 9.50. The molecular weight excluding hydrogens is 400 g/mol. The molecule has 0 bridgehead atoms. The highest BCUT2D eigenvalue weighted by atomic mass is 16.7. The predicted octanol–water partition coefficient (Wildman–Crippen LogP) is -2.02. The predicted molar refractivity (Wildman–Crippen MR) is 102 cm³/mol. The molecule has 0 spiro atoms. The molecule has 0 aromatic heterocycles. The van der Waals surface area contributed by atoms with Crippen LogP contribution in [0.1, 0.15) is 5.56 Å². The van der Waals surface area contributed by atoms with Gasteiger partial charge in [-0.2, -0.15) is 0 Å². The Hall–Kier alpha value is -1.44. The molecule has 2 aliphatic heterocycles. The van der Waals surface area contributed by atoms with Crippen molar-refractivity contribution in [1.29, 1.82) is 0 Å². The van der Waals surface area contributed by atoms with Gasteiger partial charge in [-0.15, -0.1) is 0 Å². The van der Waals surface area contributed by atoms with Crippen LogP contribution in [0.15, 0.2) is 36.4 Å². The first-order chi connectivity index (χ1) is 14.4. The topological polar surface area (TPSA) is 158 Å². The Morgan fingerprint density at radius 2 is 1.53 bits per heavy atom. The van der Waals surface area contributed by atoms with Crippen molar-refractivity contribution < 1.29 is 49.6 Å². The summed E-state index contributed by atoms with van der Waals surface area (Å²) in [6.45, 7) is -0.478. The summed E-state index contributed by atoms with van der Waals surface area (Å²) in [4.78, 5) is 0. The minimum absolute atomic E-state index is 0.0849. The van der Waals surface area contributed by atoms with Gasteiger partial charge in [0, 0.05) is 0 Å². The third kappa shape index (κ3) is 5.62. The van der Waals surface area contributed by atoms with E-state index in [-0.39, 0.29) is 19.8 Å². The lowest BCUT2D eigenvalue weighted by molar-refractivity contribution is -0.319. The second-order valence-corrected chi connectivity index (χ2v) is 7.24. The van der Waals surface area contributed by atoms with Crippen LogP contribution >= 0.6 is 0 Å². The molecule has 3 rings (SSSR count). The van der Waals surface area contributed by atoms with E-state index >= 15 is 0 Å². The fourth-order valence-corrected chi connectivity index (χ4v) is 3.21. The Labute approximate surface area is 173 Å². The molecule has 1 aromatic carbocycles. The number of benzene rings is 1. The van der Waals surface area contributed by atoms with Crippen LogP contribution < -0.4 is 0 Å². The zero-order valence-electron chi connectivity index (χ0n) is 16.2. The number of aliphatic hydroxyl groups is 6. The number of hydrogen-bond donors (Lipinski definition) is 6. The molecule has 10 nitrogen and oxygen atoms in total. The summed E-state index contributed by atoms with van der Waals surface area (Å²) >= 11 is 0. The molecule has 2 heterocycles. The average Bonchev–Trinajstić information content (AvgIpc) is 2.76. The lowest BCUT2D eigenvalue weighted by atomic mass is 9.99. The van der Waals surface area contributed by atoms with Gasteiger partial charge in [-0.1, -0.05) is 42.5 Å². The third-order valence-electron chi connectivity index (χ3n) is 5.01. The fourth-order valence-electron chi connectivity index (χ4n) is 3.21. The van der Waals surface area contributed by atoms with E-state index in [1.807, 2.05) is 36.4 Å². The van der Waals surface area contributed by atoms with Crippen LogP contribution in [0.3, 0.4) is 0 Å². The molecule has 10 heteroatoms. The monoisotopic (exact) mass is 428 g/mol. The third-order valence-corrected chi connectivity index (χ3v) is 5.01. The zero-order valence-corrected chi connectivity index (χ0v) is 16.2. The van der Waals surface area contributed by atoms with E-state index < -0.39 is 55.3 Å². The maximum absolute atomic E-state index is 10.2. The Morgan fingerprint density at radius 1 is 0.833 bits per heavy atom. The molecule has 0 aliphatic carbocycles. The van der Waals surface area contributed by atoms with E-state index in [4.69, 9.17) is 18.9 Å². The van der Waals surface area contributed by atoms with E-state index in [9.17, 15) is 30.6 Å². The van der Waals surface area contributed by atoms with Crippen molar-refractivity contribution >= 4 is 6.08 Å². The number of aliphatic hydroxyl groups excluding tert-OH is 6. The standard InChI is InChI=1S/C20H28O10/c21-12-9-28-19(17(25)14(12)22)29-10-13-15(23)16(24)18(26)20(30-13)27-8-4-7-11-5-2-1-3-6-11/h1-7,12-26H,8-10H2/t12-,13+,14-,15+,16-,17+,18+,19-,20+/m0/s1. The van der Waals surface area contributed by atoms with Gasteiger partial charge in [0.15, 0.2) is 12.6 Å². The molecule has 2 fully saturated rings. The lowest BCUT2D eigenvalue weighted by Crippen LogP contribution is -2.60. The first-order valence-corrected chi connectivity index (χ1v) is 9.68. The van der Waals surface area contributed by atoms with Crippen molar-refractivity contribution in [3.63, 3.8) is 0 Å². The van der Waals surface area contributed by atoms with Gasteiger partial charge < -0.3 is 49.6 Å². The van der Waals surface area contributed by atoms with Crippen LogP contribution in [0, 0.1) is 0 Å². The minimum atomic E-state index is -1.54. The van der Waals surface area contributed by atoms with Crippen LogP contribution in [0.2, 0.25) is 0 Å². The lowest BCUT2D eigenvalue weighted by Gasteiger charge is -2.41. The Morgan fingerprint density at radius 3 is 2.27 bits per heavy atom. The molecule has 0 radical (unpaired) electrons. The molecule has 9 atom stereocenters. The quantitative estimate of drug-likeness (QED) is 0.286. The molecule has 0 unspecified atom stereocenters. The molecule has 2 aliphatic rings. The maximum Gasteiger partial charge on any atom is 0.187 e. The summed E-state index contributed by atoms with van der Waals surface area (Å²) in [7, 11) is 0. The van der Waals surface area contributed by atoms with Gasteiger partial charge in [-0.25, -0.2) is 0 Å². The second kappa shape index (κ2) is 10.7. The average molecular weight is 428 g/mol. The Bertz CT molecular complexity index is 671. The normalized spacial score (nSPS) is 40.0. The molecular formula is C20H28O10. The molecule has 0 saturated carbocycles. The number of rotatable bonds is 7. The minimum Gasteiger partial charge on any atom is -0.388 e. The molecule has 1 aromatic rings. The van der Waals surface area contributed by atoms with Crippen LogP contribution in [0.4, 0.5) is 0 Å². The van der Waals surface area contributed by atoms with Crippen LogP contribution in [0.25, 0.3) is 6.08 Å². The summed E-state index contributed by atoms with van der Waals surface area (Å²) in [5.41, 5.74) is 0.964. The SMILES string of the molecule is O[C@@H]1[C@@H](O)[C@H](OCC=Cc2ccccc2)O[C@H](CO[C@@H]2OC[C@H](O)[C@H](O)[C@H]2O)[C@H]1O. The summed E-state index contributed by atoms with van der Waals surface area (Å²) in [5, 5.41) is 59.4. The fraction of sp³-hybridized carbons (Fsp3) is 0.600. The van der Waals surface area contributed by atoms with E-state index in [1.165, 1.54) is 0 Å². The van der Waals surface area contributed by atoms with Gasteiger partial charge in [-0.3, -0.25) is 0 Å². The van der Waals surface area contributed by atoms with Crippen molar-refractivity contribution in [2.75, 3.05) is 19.8 Å². The smallest absolute Gasteiger partial charge is 0.187 e. The van der Waals surface area contributed by atoms with E-state index in [2.05, 4.69) is 0 Å². The van der Waals surface area contributed by atoms with Crippen molar-refractivity contribution in [3.05, 3.63) is 42.0 Å². The highest BCUT2D eigenvalue weighted by Gasteiger charge is 2.45. The van der Waals surface area contributed by atoms with E-state index in [0.717, 1.165) is 5.56 Å². The molecule has 168 valence electrons. The second-order valence-electron chi connectivity index (χ2n) is 7.24. The maximum atomic E-state index is 10.2. The van der Waals surface area contributed by atoms with Crippen molar-refractivity contribution in [3.8, 4) is 0 Å². The van der Waals surface area contributed by atoms with Crippen molar-refractivity contribution in [2.45, 2.75) is 55.3 Å². The summed E-state index contributed by atoms with van der Waals surface area (Å²) in [5.74, 6) is 0. The molecule has 30 heavy (non-hydrogen) atoms. The van der Waals surface area contributed by atoms with Crippen molar-refractivity contribution in [2.24, 2.45) is 0 Å². The van der Waals surface area contributed by atoms with Gasteiger partial charge in [0.25, 0.3) is 0 Å².